The molecule has 2 fully saturated rings. The van der Waals surface area contributed by atoms with Gasteiger partial charge in [-0.25, -0.2) is 0 Å². The lowest BCUT2D eigenvalue weighted by Gasteiger charge is -2.25. The van der Waals surface area contributed by atoms with Gasteiger partial charge >= 0.3 is 5.97 Å². The minimum absolute atomic E-state index is 0.0630. The number of carbonyl (C=O) groups excluding carboxylic acids is 1. The molecule has 0 spiro atoms. The molecule has 4 nitrogen and oxygen atoms in total. The second kappa shape index (κ2) is 5.64. The summed E-state index contributed by atoms with van der Waals surface area (Å²) >= 11 is 0. The minimum Gasteiger partial charge on any atom is -0.468 e. The molecule has 2 aliphatic rings. The molecule has 1 heterocycles. The van der Waals surface area contributed by atoms with Crippen LogP contribution in [0.5, 0.6) is 0 Å². The van der Waals surface area contributed by atoms with Crippen molar-refractivity contribution in [2.24, 2.45) is 11.8 Å². The van der Waals surface area contributed by atoms with Crippen molar-refractivity contribution in [1.82, 2.24) is 10.6 Å². The summed E-state index contributed by atoms with van der Waals surface area (Å²) in [6, 6.07) is -0.0630. The van der Waals surface area contributed by atoms with Gasteiger partial charge < -0.3 is 15.4 Å². The molecule has 0 amide bonds. The summed E-state index contributed by atoms with van der Waals surface area (Å²) in [5.74, 6) is 1.09. The van der Waals surface area contributed by atoms with Gasteiger partial charge in [0.25, 0.3) is 0 Å². The largest absolute Gasteiger partial charge is 0.468 e. The highest BCUT2D eigenvalue weighted by Crippen LogP contribution is 2.33. The van der Waals surface area contributed by atoms with E-state index < -0.39 is 0 Å². The quantitative estimate of drug-likeness (QED) is 0.671. The molecule has 2 atom stereocenters. The second-order valence-corrected chi connectivity index (χ2v) is 4.96. The van der Waals surface area contributed by atoms with Crippen molar-refractivity contribution in [2.75, 3.05) is 26.7 Å². The highest BCUT2D eigenvalue weighted by Gasteiger charge is 2.36. The maximum atomic E-state index is 11.6. The van der Waals surface area contributed by atoms with E-state index in [1.165, 1.54) is 20.0 Å². The van der Waals surface area contributed by atoms with E-state index >= 15 is 0 Å². The molecule has 0 aromatic carbocycles. The summed E-state index contributed by atoms with van der Waals surface area (Å²) in [5, 5.41) is 6.78. The van der Waals surface area contributed by atoms with Crippen molar-refractivity contribution in [2.45, 2.75) is 31.7 Å². The number of hydrogen-bond acceptors (Lipinski definition) is 4. The topological polar surface area (TPSA) is 50.4 Å². The molecule has 1 saturated carbocycles. The first-order chi connectivity index (χ1) is 7.81. The smallest absolute Gasteiger partial charge is 0.323 e. The standard InChI is InChI=1S/C12H22N2O2/c1-16-12(15)11(10-4-5-10)14-8-9-3-2-6-13-7-9/h9-11,13-14H,2-8H2,1H3. The number of carbonyl (C=O) groups is 1. The zero-order valence-corrected chi connectivity index (χ0v) is 10.00. The van der Waals surface area contributed by atoms with Gasteiger partial charge in [0, 0.05) is 0 Å². The molecule has 0 bridgehead atoms. The summed E-state index contributed by atoms with van der Waals surface area (Å²) in [4.78, 5) is 11.6. The minimum atomic E-state index is -0.0914. The fraction of sp³-hybridized carbons (Fsp3) is 0.917. The van der Waals surface area contributed by atoms with Crippen LogP contribution in [0, 0.1) is 11.8 Å². The van der Waals surface area contributed by atoms with E-state index in [9.17, 15) is 4.79 Å². The van der Waals surface area contributed by atoms with E-state index in [1.807, 2.05) is 0 Å². The number of methoxy groups -OCH3 is 1. The highest BCUT2D eigenvalue weighted by atomic mass is 16.5. The van der Waals surface area contributed by atoms with E-state index in [0.29, 0.717) is 11.8 Å². The van der Waals surface area contributed by atoms with Crippen molar-refractivity contribution in [3.8, 4) is 0 Å². The Morgan fingerprint density at radius 3 is 2.88 bits per heavy atom. The van der Waals surface area contributed by atoms with Gasteiger partial charge in [-0.15, -0.1) is 0 Å². The Morgan fingerprint density at radius 1 is 1.50 bits per heavy atom. The van der Waals surface area contributed by atoms with E-state index in [4.69, 9.17) is 4.74 Å². The molecule has 0 radical (unpaired) electrons. The van der Waals surface area contributed by atoms with E-state index in [0.717, 1.165) is 32.5 Å². The van der Waals surface area contributed by atoms with Crippen LogP contribution in [0.3, 0.4) is 0 Å². The lowest BCUT2D eigenvalue weighted by molar-refractivity contribution is -0.143. The van der Waals surface area contributed by atoms with Gasteiger partial charge in [0.15, 0.2) is 0 Å². The predicted octanol–water partition coefficient (Wildman–Crippen LogP) is 0.527. The van der Waals surface area contributed by atoms with Gasteiger partial charge in [-0.1, -0.05) is 0 Å². The van der Waals surface area contributed by atoms with Crippen molar-refractivity contribution >= 4 is 5.97 Å². The van der Waals surface area contributed by atoms with Gasteiger partial charge in [-0.2, -0.15) is 0 Å². The Morgan fingerprint density at radius 2 is 2.31 bits per heavy atom. The van der Waals surface area contributed by atoms with Gasteiger partial charge in [0.1, 0.15) is 6.04 Å². The summed E-state index contributed by atoms with van der Waals surface area (Å²) in [5.41, 5.74) is 0. The fourth-order valence-electron chi connectivity index (χ4n) is 2.39. The molecule has 2 N–H and O–H groups in total. The van der Waals surface area contributed by atoms with Crippen molar-refractivity contribution in [1.29, 1.82) is 0 Å². The molecule has 1 aliphatic heterocycles. The van der Waals surface area contributed by atoms with Crippen LogP contribution in [-0.2, 0) is 9.53 Å². The fourth-order valence-corrected chi connectivity index (χ4v) is 2.39. The van der Waals surface area contributed by atoms with Crippen LogP contribution in [0.4, 0.5) is 0 Å². The summed E-state index contributed by atoms with van der Waals surface area (Å²) < 4.78 is 4.84. The SMILES string of the molecule is COC(=O)C(NCC1CCCNC1)C1CC1. The van der Waals surface area contributed by atoms with Crippen molar-refractivity contribution in [3.05, 3.63) is 0 Å². The van der Waals surface area contributed by atoms with Crippen LogP contribution < -0.4 is 10.6 Å². The van der Waals surface area contributed by atoms with E-state index in [1.54, 1.807) is 0 Å². The van der Waals surface area contributed by atoms with Crippen LogP contribution in [0.2, 0.25) is 0 Å². The Bertz CT molecular complexity index is 235. The number of piperidine rings is 1. The highest BCUT2D eigenvalue weighted by molar-refractivity contribution is 5.76. The molecule has 2 rings (SSSR count). The third-order valence-corrected chi connectivity index (χ3v) is 3.57. The Kier molecular flexibility index (Phi) is 4.18. The molecule has 2 unspecified atom stereocenters. The molecule has 1 aliphatic carbocycles. The molecule has 0 aromatic heterocycles. The van der Waals surface area contributed by atoms with Crippen LogP contribution in [0.15, 0.2) is 0 Å². The Balaban J connectivity index is 1.74. The molecule has 4 heteroatoms. The van der Waals surface area contributed by atoms with Crippen LogP contribution >= 0.6 is 0 Å². The molecule has 16 heavy (non-hydrogen) atoms. The van der Waals surface area contributed by atoms with Gasteiger partial charge in [-0.3, -0.25) is 4.79 Å². The van der Waals surface area contributed by atoms with Crippen molar-refractivity contribution in [3.63, 3.8) is 0 Å². The first-order valence-corrected chi connectivity index (χ1v) is 6.33. The molecular weight excluding hydrogens is 204 g/mol. The van der Waals surface area contributed by atoms with Crippen LogP contribution in [0.1, 0.15) is 25.7 Å². The number of esters is 1. The average molecular weight is 226 g/mol. The maximum Gasteiger partial charge on any atom is 0.323 e. The molecule has 0 aromatic rings. The third-order valence-electron chi connectivity index (χ3n) is 3.57. The number of ether oxygens (including phenoxy) is 1. The Labute approximate surface area is 97.1 Å². The lowest BCUT2D eigenvalue weighted by Crippen LogP contribution is -2.44. The first-order valence-electron chi connectivity index (χ1n) is 6.33. The van der Waals surface area contributed by atoms with Gasteiger partial charge in [-0.05, 0) is 57.2 Å². The second-order valence-electron chi connectivity index (χ2n) is 4.96. The number of hydrogen-bond donors (Lipinski definition) is 2. The first kappa shape index (κ1) is 11.9. The molecule has 92 valence electrons. The van der Waals surface area contributed by atoms with Crippen molar-refractivity contribution < 1.29 is 9.53 Å². The average Bonchev–Trinajstić information content (AvgIpc) is 3.15. The predicted molar refractivity (Wildman–Crippen MR) is 62.1 cm³/mol. The van der Waals surface area contributed by atoms with E-state index in [-0.39, 0.29) is 12.0 Å². The Hall–Kier alpha value is -0.610. The third kappa shape index (κ3) is 3.19. The normalized spacial score (nSPS) is 27.4. The monoisotopic (exact) mass is 226 g/mol. The van der Waals surface area contributed by atoms with Crippen LogP contribution in [-0.4, -0.2) is 38.8 Å². The summed E-state index contributed by atoms with van der Waals surface area (Å²) in [7, 11) is 1.47. The summed E-state index contributed by atoms with van der Waals surface area (Å²) in [6.45, 7) is 3.15. The zero-order valence-electron chi connectivity index (χ0n) is 10.00. The number of rotatable bonds is 5. The van der Waals surface area contributed by atoms with Gasteiger partial charge in [0.2, 0.25) is 0 Å². The molecular formula is C12H22N2O2. The summed E-state index contributed by atoms with van der Waals surface area (Å²) in [6.07, 6.45) is 4.84. The maximum absolute atomic E-state index is 11.6. The zero-order chi connectivity index (χ0) is 11.4. The van der Waals surface area contributed by atoms with E-state index in [2.05, 4.69) is 10.6 Å². The molecule has 1 saturated heterocycles. The lowest BCUT2D eigenvalue weighted by atomic mass is 9.99. The number of nitrogens with one attached hydrogen (secondary N) is 2. The van der Waals surface area contributed by atoms with Gasteiger partial charge in [0.05, 0.1) is 7.11 Å². The van der Waals surface area contributed by atoms with Crippen LogP contribution in [0.25, 0.3) is 0 Å².